The van der Waals surface area contributed by atoms with Gasteiger partial charge in [-0.25, -0.2) is 0 Å². The first-order chi connectivity index (χ1) is 47.8. The average Bonchev–Trinajstić information content (AvgIpc) is 2.27. The number of hydrogen-bond donors (Lipinski definition) is 3. The highest BCUT2D eigenvalue weighted by molar-refractivity contribution is 5.90. The second kappa shape index (κ2) is 81.7. The highest BCUT2D eigenvalue weighted by atomic mass is 16.6. The molecule has 0 radical (unpaired) electrons. The molecule has 0 aromatic heterocycles. The van der Waals surface area contributed by atoms with Crippen LogP contribution < -0.4 is 16.0 Å². The third-order valence-electron chi connectivity index (χ3n) is 12.2. The number of ether oxygens (including phenoxy) is 25. The Morgan fingerprint density at radius 3 is 0.680 bits per heavy atom. The van der Waals surface area contributed by atoms with E-state index < -0.39 is 5.92 Å². The van der Waals surface area contributed by atoms with Crippen LogP contribution in [0.5, 0.6) is 0 Å². The van der Waals surface area contributed by atoms with Gasteiger partial charge in [0.15, 0.2) is 5.78 Å². The van der Waals surface area contributed by atoms with Gasteiger partial charge in [-0.2, -0.15) is 0 Å². The topological polar surface area (TPSA) is 352 Å². The summed E-state index contributed by atoms with van der Waals surface area (Å²) < 4.78 is 136. The molecule has 0 aromatic rings. The Bertz CT molecular complexity index is 1680. The van der Waals surface area contributed by atoms with Crippen LogP contribution >= 0.6 is 0 Å². The lowest BCUT2D eigenvalue weighted by molar-refractivity contribution is -0.134. The summed E-state index contributed by atoms with van der Waals surface area (Å²) in [7, 11) is 2.87. The zero-order valence-electron chi connectivity index (χ0n) is 58.7. The van der Waals surface area contributed by atoms with Gasteiger partial charge in [0.25, 0.3) is 0 Å². The smallest absolute Gasteiger partial charge is 0.224 e. The minimum absolute atomic E-state index is 0.0784. The standard InChI is InChI=1S/C64H123N3O30/c1-59(68)4-8-74-12-16-78-20-24-82-28-32-86-36-40-90-44-48-94-52-54-96-50-46-92-42-38-88-34-30-84-26-22-80-18-14-76-10-6-66-62(70)5-9-75-13-17-79-21-25-83-29-33-87-37-41-91-45-49-95-53-55-97-51-47-93-43-39-89-35-31-85-27-23-81-19-15-77-11-7-67-64(72)60(57-63(71)65-2)56-61(69)58-73-3/h60H,4-58H2,1-3H3,(H,65,71)(H,66,70)(H,67,72)/t60-/m0/s1. The fourth-order valence-corrected chi connectivity index (χ4v) is 7.24. The molecule has 0 aliphatic heterocycles. The summed E-state index contributed by atoms with van der Waals surface area (Å²) in [5.41, 5.74) is 0. The first-order valence-corrected chi connectivity index (χ1v) is 33.9. The van der Waals surface area contributed by atoms with E-state index in [0.717, 1.165) is 0 Å². The SMILES string of the molecule is CNC(=O)C[C@H](CC(=O)COC)C(=O)NCCOCCOCCOCCOCCOCCOCCOCCOCCOCCOCCOCCOCCC(=O)NCCOCCOCCOCCOCCOCCOCCOCCOCCOCCOCCOCCOCCC(C)=O. The fraction of sp³-hybridized carbons (Fsp3) is 0.922. The maximum Gasteiger partial charge on any atom is 0.224 e. The third-order valence-corrected chi connectivity index (χ3v) is 12.2. The predicted octanol–water partition coefficient (Wildman–Crippen LogP) is -0.656. The first-order valence-electron chi connectivity index (χ1n) is 33.9. The molecule has 0 fully saturated rings. The van der Waals surface area contributed by atoms with Crippen molar-refractivity contribution in [2.75, 3.05) is 351 Å². The maximum atomic E-state index is 12.5. The van der Waals surface area contributed by atoms with Crippen LogP contribution in [0.4, 0.5) is 0 Å². The zero-order chi connectivity index (χ0) is 70.2. The molecule has 0 bridgehead atoms. The Morgan fingerprint density at radius 2 is 0.464 bits per heavy atom. The van der Waals surface area contributed by atoms with Gasteiger partial charge in [0.2, 0.25) is 17.7 Å². The lowest BCUT2D eigenvalue weighted by Crippen LogP contribution is -2.37. The molecule has 574 valence electrons. The van der Waals surface area contributed by atoms with E-state index in [4.69, 9.17) is 118 Å². The number of carbonyl (C=O) groups is 5. The Labute approximate surface area is 575 Å². The van der Waals surface area contributed by atoms with Crippen LogP contribution in [0, 0.1) is 5.92 Å². The molecular formula is C64H123N3O30. The van der Waals surface area contributed by atoms with Gasteiger partial charge in [0.05, 0.1) is 323 Å². The van der Waals surface area contributed by atoms with E-state index in [2.05, 4.69) is 16.0 Å². The molecule has 3 amide bonds. The average molecular weight is 1410 g/mol. The van der Waals surface area contributed by atoms with Crippen molar-refractivity contribution in [2.45, 2.75) is 32.6 Å². The van der Waals surface area contributed by atoms with Crippen LogP contribution in [-0.4, -0.2) is 380 Å². The van der Waals surface area contributed by atoms with Gasteiger partial charge >= 0.3 is 0 Å². The van der Waals surface area contributed by atoms with Gasteiger partial charge < -0.3 is 134 Å². The van der Waals surface area contributed by atoms with Crippen molar-refractivity contribution in [3.63, 3.8) is 0 Å². The summed E-state index contributed by atoms with van der Waals surface area (Å²) in [4.78, 5) is 59.0. The number of amides is 3. The molecule has 0 saturated carbocycles. The number of nitrogens with one attached hydrogen (secondary N) is 3. The van der Waals surface area contributed by atoms with E-state index >= 15 is 0 Å². The third kappa shape index (κ3) is 79.9. The van der Waals surface area contributed by atoms with E-state index in [-0.39, 0.29) is 68.3 Å². The maximum absolute atomic E-state index is 12.5. The van der Waals surface area contributed by atoms with E-state index in [1.807, 2.05) is 0 Å². The Kier molecular flexibility index (Phi) is 79.0. The molecule has 97 heavy (non-hydrogen) atoms. The molecular weight excluding hydrogens is 1290 g/mol. The quantitative estimate of drug-likeness (QED) is 0.0637. The summed E-state index contributed by atoms with van der Waals surface area (Å²) in [6.07, 6.45) is 0.510. The molecule has 3 N–H and O–H groups in total. The second-order valence-electron chi connectivity index (χ2n) is 20.3. The Hall–Kier alpha value is -3.25. The largest absolute Gasteiger partial charge is 0.379 e. The molecule has 33 heteroatoms. The number of rotatable bonds is 85. The molecule has 0 aliphatic rings. The highest BCUT2D eigenvalue weighted by Crippen LogP contribution is 2.10. The molecule has 0 saturated heterocycles. The van der Waals surface area contributed by atoms with Crippen molar-refractivity contribution in [1.82, 2.24) is 16.0 Å². The van der Waals surface area contributed by atoms with E-state index in [1.165, 1.54) is 14.2 Å². The normalized spacial score (nSPS) is 11.8. The molecule has 33 nitrogen and oxygen atoms in total. The minimum Gasteiger partial charge on any atom is -0.379 e. The van der Waals surface area contributed by atoms with Crippen molar-refractivity contribution in [3.8, 4) is 0 Å². The molecule has 0 rings (SSSR count). The van der Waals surface area contributed by atoms with Gasteiger partial charge in [-0.15, -0.1) is 0 Å². The lowest BCUT2D eigenvalue weighted by atomic mass is 9.97. The van der Waals surface area contributed by atoms with Gasteiger partial charge in [0.1, 0.15) is 12.4 Å². The lowest BCUT2D eigenvalue weighted by Gasteiger charge is -2.15. The van der Waals surface area contributed by atoms with Crippen LogP contribution in [0.25, 0.3) is 0 Å². The fourth-order valence-electron chi connectivity index (χ4n) is 7.24. The summed E-state index contributed by atoms with van der Waals surface area (Å²) in [5, 5.41) is 7.97. The summed E-state index contributed by atoms with van der Waals surface area (Å²) >= 11 is 0. The summed E-state index contributed by atoms with van der Waals surface area (Å²) in [6.45, 7) is 23.1. The van der Waals surface area contributed by atoms with Gasteiger partial charge in [-0.3, -0.25) is 24.0 Å². The van der Waals surface area contributed by atoms with Crippen molar-refractivity contribution in [2.24, 2.45) is 5.92 Å². The molecule has 0 heterocycles. The number of Topliss-reactive ketones (excluding diaryl/α,β-unsaturated/α-hetero) is 2. The molecule has 1 atom stereocenters. The van der Waals surface area contributed by atoms with E-state index in [1.54, 1.807) is 6.92 Å². The van der Waals surface area contributed by atoms with Crippen LogP contribution in [0.15, 0.2) is 0 Å². The van der Waals surface area contributed by atoms with Gasteiger partial charge in [-0.05, 0) is 6.92 Å². The number of ketones is 2. The zero-order valence-corrected chi connectivity index (χ0v) is 58.7. The van der Waals surface area contributed by atoms with Gasteiger partial charge in [-0.1, -0.05) is 0 Å². The minimum atomic E-state index is -0.774. The van der Waals surface area contributed by atoms with Crippen LogP contribution in [0.1, 0.15) is 32.6 Å². The predicted molar refractivity (Wildman–Crippen MR) is 349 cm³/mol. The molecule has 0 aliphatic carbocycles. The Balaban J connectivity index is 3.22. The Morgan fingerprint density at radius 1 is 0.258 bits per heavy atom. The van der Waals surface area contributed by atoms with Crippen molar-refractivity contribution < 1.29 is 142 Å². The summed E-state index contributed by atoms with van der Waals surface area (Å²) in [5.74, 6) is -1.73. The number of hydrogen-bond acceptors (Lipinski definition) is 30. The van der Waals surface area contributed by atoms with E-state index in [9.17, 15) is 24.0 Å². The van der Waals surface area contributed by atoms with Gasteiger partial charge in [0, 0.05) is 52.9 Å². The summed E-state index contributed by atoms with van der Waals surface area (Å²) in [6, 6.07) is 0. The number of methoxy groups -OCH3 is 1. The molecule has 0 unspecified atom stereocenters. The highest BCUT2D eigenvalue weighted by Gasteiger charge is 2.24. The van der Waals surface area contributed by atoms with Crippen LogP contribution in [0.2, 0.25) is 0 Å². The van der Waals surface area contributed by atoms with Crippen LogP contribution in [-0.2, 0) is 142 Å². The van der Waals surface area contributed by atoms with Crippen LogP contribution in [0.3, 0.4) is 0 Å². The molecule has 0 spiro atoms. The van der Waals surface area contributed by atoms with Crippen molar-refractivity contribution in [1.29, 1.82) is 0 Å². The number of carbonyl (C=O) groups excluding carboxylic acids is 5. The van der Waals surface area contributed by atoms with E-state index in [0.29, 0.717) is 323 Å². The molecule has 0 aromatic carbocycles. The monoisotopic (exact) mass is 1410 g/mol. The van der Waals surface area contributed by atoms with Crippen molar-refractivity contribution in [3.05, 3.63) is 0 Å². The first kappa shape index (κ1) is 93.8. The second-order valence-corrected chi connectivity index (χ2v) is 20.3. The van der Waals surface area contributed by atoms with Crippen molar-refractivity contribution >= 4 is 29.3 Å².